The maximum absolute atomic E-state index is 9.42. The molecule has 0 aliphatic rings. The first-order valence-electron chi connectivity index (χ1n) is 6.62. The Morgan fingerprint density at radius 2 is 2.05 bits per heavy atom. The van der Waals surface area contributed by atoms with Crippen molar-refractivity contribution < 1.29 is 4.74 Å². The van der Waals surface area contributed by atoms with Gasteiger partial charge in [0, 0.05) is 5.69 Å². The molecule has 2 N–H and O–H groups in total. The summed E-state index contributed by atoms with van der Waals surface area (Å²) in [6, 6.07) is 7.45. The zero-order valence-electron chi connectivity index (χ0n) is 11.9. The summed E-state index contributed by atoms with van der Waals surface area (Å²) in [6.07, 6.45) is 1.43. The maximum atomic E-state index is 9.42. The number of nitrogens with zero attached hydrogens (tertiary/aromatic N) is 3. The Morgan fingerprint density at radius 3 is 2.67 bits per heavy atom. The SMILES string of the molecule is CCc1nnc(Oc2cccc(N)c2Br)c(C#N)c1CC. The second-order valence-corrected chi connectivity index (χ2v) is 5.18. The van der Waals surface area contributed by atoms with E-state index in [0.717, 1.165) is 17.7 Å². The summed E-state index contributed by atoms with van der Waals surface area (Å²) >= 11 is 3.37. The molecule has 0 saturated carbocycles. The number of aromatic nitrogens is 2. The normalized spacial score (nSPS) is 10.2. The molecule has 21 heavy (non-hydrogen) atoms. The molecule has 1 aromatic carbocycles. The van der Waals surface area contributed by atoms with Crippen LogP contribution >= 0.6 is 15.9 Å². The highest BCUT2D eigenvalue weighted by Crippen LogP contribution is 2.34. The van der Waals surface area contributed by atoms with Crippen LogP contribution in [0.15, 0.2) is 22.7 Å². The van der Waals surface area contributed by atoms with Crippen LogP contribution in [0.5, 0.6) is 11.6 Å². The van der Waals surface area contributed by atoms with Crippen LogP contribution in [0.4, 0.5) is 5.69 Å². The third kappa shape index (κ3) is 2.98. The summed E-state index contributed by atoms with van der Waals surface area (Å²) in [7, 11) is 0. The minimum Gasteiger partial charge on any atom is -0.435 e. The lowest BCUT2D eigenvalue weighted by atomic mass is 10.0. The highest BCUT2D eigenvalue weighted by atomic mass is 79.9. The van der Waals surface area contributed by atoms with Gasteiger partial charge in [-0.1, -0.05) is 19.9 Å². The van der Waals surface area contributed by atoms with Gasteiger partial charge in [0.1, 0.15) is 17.4 Å². The summed E-state index contributed by atoms with van der Waals surface area (Å²) in [5, 5.41) is 17.6. The molecule has 0 radical (unpaired) electrons. The number of anilines is 1. The average molecular weight is 347 g/mol. The van der Waals surface area contributed by atoms with Gasteiger partial charge in [-0.15, -0.1) is 5.10 Å². The van der Waals surface area contributed by atoms with Crippen molar-refractivity contribution in [2.75, 3.05) is 5.73 Å². The smallest absolute Gasteiger partial charge is 0.257 e. The lowest BCUT2D eigenvalue weighted by Crippen LogP contribution is -2.05. The molecule has 0 atom stereocenters. The number of halogens is 1. The molecule has 0 unspecified atom stereocenters. The molecule has 0 spiro atoms. The van der Waals surface area contributed by atoms with E-state index >= 15 is 0 Å². The number of ether oxygens (including phenoxy) is 1. The molecule has 0 amide bonds. The third-order valence-electron chi connectivity index (χ3n) is 3.13. The molecule has 108 valence electrons. The zero-order valence-corrected chi connectivity index (χ0v) is 13.4. The van der Waals surface area contributed by atoms with E-state index in [0.29, 0.717) is 27.9 Å². The quantitative estimate of drug-likeness (QED) is 0.854. The van der Waals surface area contributed by atoms with Gasteiger partial charge in [0.2, 0.25) is 0 Å². The van der Waals surface area contributed by atoms with E-state index in [1.165, 1.54) is 0 Å². The minimum absolute atomic E-state index is 0.206. The summed E-state index contributed by atoms with van der Waals surface area (Å²) in [5.74, 6) is 0.713. The number of aryl methyl sites for hydroxylation is 1. The first kappa shape index (κ1) is 15.3. The number of hydrogen-bond acceptors (Lipinski definition) is 5. The third-order valence-corrected chi connectivity index (χ3v) is 3.97. The van der Waals surface area contributed by atoms with Gasteiger partial charge >= 0.3 is 0 Å². The van der Waals surface area contributed by atoms with Crippen LogP contribution in [0.3, 0.4) is 0 Å². The van der Waals surface area contributed by atoms with Crippen molar-refractivity contribution in [3.63, 3.8) is 0 Å². The molecule has 0 fully saturated rings. The molecule has 0 saturated heterocycles. The zero-order chi connectivity index (χ0) is 15.4. The lowest BCUT2D eigenvalue weighted by Gasteiger charge is -2.12. The number of nitrogens with two attached hydrogens (primary N) is 1. The number of nitrogen functional groups attached to an aromatic ring is 1. The van der Waals surface area contributed by atoms with E-state index < -0.39 is 0 Å². The Bertz CT molecular complexity index is 710. The van der Waals surface area contributed by atoms with E-state index in [1.54, 1.807) is 18.2 Å². The van der Waals surface area contributed by atoms with Crippen molar-refractivity contribution in [1.29, 1.82) is 5.26 Å². The number of nitriles is 1. The predicted octanol–water partition coefficient (Wildman–Crippen LogP) is 3.61. The van der Waals surface area contributed by atoms with Crippen molar-refractivity contribution in [2.45, 2.75) is 26.7 Å². The van der Waals surface area contributed by atoms with Crippen molar-refractivity contribution in [1.82, 2.24) is 10.2 Å². The van der Waals surface area contributed by atoms with E-state index in [1.807, 2.05) is 13.8 Å². The second kappa shape index (κ2) is 6.55. The number of hydrogen-bond donors (Lipinski definition) is 1. The Morgan fingerprint density at radius 1 is 1.29 bits per heavy atom. The van der Waals surface area contributed by atoms with Gasteiger partial charge in [0.25, 0.3) is 5.88 Å². The van der Waals surface area contributed by atoms with Gasteiger partial charge in [-0.3, -0.25) is 0 Å². The van der Waals surface area contributed by atoms with Crippen LogP contribution in [0.1, 0.15) is 30.7 Å². The largest absolute Gasteiger partial charge is 0.435 e. The molecule has 5 nitrogen and oxygen atoms in total. The van der Waals surface area contributed by atoms with Gasteiger partial charge in [-0.25, -0.2) is 0 Å². The van der Waals surface area contributed by atoms with Crippen LogP contribution in [-0.2, 0) is 12.8 Å². The van der Waals surface area contributed by atoms with Gasteiger partial charge < -0.3 is 10.5 Å². The van der Waals surface area contributed by atoms with Gasteiger partial charge in [-0.05, 0) is 46.5 Å². The Kier molecular flexibility index (Phi) is 4.76. The van der Waals surface area contributed by atoms with Crippen LogP contribution in [0, 0.1) is 11.3 Å². The van der Waals surface area contributed by atoms with Crippen LogP contribution in [0.25, 0.3) is 0 Å². The highest BCUT2D eigenvalue weighted by Gasteiger charge is 2.17. The standard InChI is InChI=1S/C15H15BrN4O/c1-3-9-10(8-17)15(20-19-12(9)4-2)21-13-7-5-6-11(18)14(13)16/h5-7H,3-4,18H2,1-2H3. The van der Waals surface area contributed by atoms with Gasteiger partial charge in [0.05, 0.1) is 10.2 Å². The lowest BCUT2D eigenvalue weighted by molar-refractivity contribution is 0.448. The van der Waals surface area contributed by atoms with Crippen LogP contribution < -0.4 is 10.5 Å². The topological polar surface area (TPSA) is 84.8 Å². The van der Waals surface area contributed by atoms with E-state index in [4.69, 9.17) is 10.5 Å². The summed E-state index contributed by atoms with van der Waals surface area (Å²) in [4.78, 5) is 0. The second-order valence-electron chi connectivity index (χ2n) is 4.39. The highest BCUT2D eigenvalue weighted by molar-refractivity contribution is 9.10. The fourth-order valence-electron chi connectivity index (χ4n) is 2.05. The van der Waals surface area contributed by atoms with Crippen molar-refractivity contribution in [3.05, 3.63) is 39.5 Å². The van der Waals surface area contributed by atoms with Crippen molar-refractivity contribution >= 4 is 21.6 Å². The molecule has 2 aromatic rings. The molecule has 1 aromatic heterocycles. The molecular weight excluding hydrogens is 332 g/mol. The first-order valence-corrected chi connectivity index (χ1v) is 7.42. The minimum atomic E-state index is 0.206. The number of rotatable bonds is 4. The van der Waals surface area contributed by atoms with Crippen LogP contribution in [0.2, 0.25) is 0 Å². The van der Waals surface area contributed by atoms with E-state index in [2.05, 4.69) is 32.2 Å². The molecule has 2 rings (SSSR count). The summed E-state index contributed by atoms with van der Waals surface area (Å²) in [5.41, 5.74) is 8.51. The molecule has 0 aliphatic carbocycles. The van der Waals surface area contributed by atoms with Crippen LogP contribution in [-0.4, -0.2) is 10.2 Å². The number of benzene rings is 1. The van der Waals surface area contributed by atoms with Crippen molar-refractivity contribution in [2.24, 2.45) is 0 Å². The maximum Gasteiger partial charge on any atom is 0.257 e. The fourth-order valence-corrected chi connectivity index (χ4v) is 2.40. The average Bonchev–Trinajstić information content (AvgIpc) is 2.51. The first-order chi connectivity index (χ1) is 10.1. The molecule has 6 heteroatoms. The molecule has 1 heterocycles. The summed E-state index contributed by atoms with van der Waals surface area (Å²) < 4.78 is 6.36. The monoisotopic (exact) mass is 346 g/mol. The van der Waals surface area contributed by atoms with Crippen molar-refractivity contribution in [3.8, 4) is 17.7 Å². The fraction of sp³-hybridized carbons (Fsp3) is 0.267. The van der Waals surface area contributed by atoms with Gasteiger partial charge in [-0.2, -0.15) is 10.4 Å². The Hall–Kier alpha value is -2.13. The Balaban J connectivity index is 2.50. The van der Waals surface area contributed by atoms with E-state index in [-0.39, 0.29) is 5.88 Å². The molecular formula is C15H15BrN4O. The predicted molar refractivity (Wildman–Crippen MR) is 84.1 cm³/mol. The molecule has 0 aliphatic heterocycles. The summed E-state index contributed by atoms with van der Waals surface area (Å²) in [6.45, 7) is 3.97. The van der Waals surface area contributed by atoms with E-state index in [9.17, 15) is 5.26 Å². The van der Waals surface area contributed by atoms with Gasteiger partial charge in [0.15, 0.2) is 0 Å². The Labute approximate surface area is 131 Å². The molecule has 0 bridgehead atoms.